The van der Waals surface area contributed by atoms with Gasteiger partial charge in [-0.3, -0.25) is 0 Å². The second kappa shape index (κ2) is 9.54. The Morgan fingerprint density at radius 3 is 2.50 bits per heavy atom. The van der Waals surface area contributed by atoms with Gasteiger partial charge in [0.2, 0.25) is 0 Å². The van der Waals surface area contributed by atoms with E-state index in [-0.39, 0.29) is 0 Å². The number of para-hydroxylation sites is 1. The second-order valence-corrected chi connectivity index (χ2v) is 10.3. The number of halogens is 3. The first-order valence-electron chi connectivity index (χ1n) is 12.4. The van der Waals surface area contributed by atoms with Gasteiger partial charge < -0.3 is 19.9 Å². The molecule has 1 unspecified atom stereocenters. The van der Waals surface area contributed by atoms with Crippen LogP contribution in [-0.4, -0.2) is 46.9 Å². The van der Waals surface area contributed by atoms with Crippen LogP contribution >= 0.6 is 0 Å². The van der Waals surface area contributed by atoms with E-state index in [1.165, 1.54) is 0 Å². The van der Waals surface area contributed by atoms with E-state index in [4.69, 9.17) is 9.47 Å². The molecule has 1 atom stereocenters. The van der Waals surface area contributed by atoms with Gasteiger partial charge in [-0.1, -0.05) is 38.1 Å². The van der Waals surface area contributed by atoms with Gasteiger partial charge in [-0.2, -0.15) is 18.3 Å². The molecule has 1 aliphatic rings. The standard InChI is InChI=1S/C29H30F3N3O3/c1-27(2,23-7-4-6-19-14-15-38-26(19)23)17-28(36,29(30,31)32)18-33-24-8-5-9-25-22(24)16-34-35(25)20-10-12-21(37-3)13-11-20/h4-13,16,33,36H,14-15,17-18H2,1-3H3. The fraction of sp³-hybridized carbons (Fsp3) is 0.345. The number of rotatable bonds is 8. The number of alkyl halides is 3. The highest BCUT2D eigenvalue weighted by atomic mass is 19.4. The summed E-state index contributed by atoms with van der Waals surface area (Å²) in [5, 5.41) is 19.1. The number of aromatic nitrogens is 2. The van der Waals surface area contributed by atoms with Gasteiger partial charge in [-0.25, -0.2) is 4.68 Å². The number of benzene rings is 3. The van der Waals surface area contributed by atoms with Crippen molar-refractivity contribution in [2.75, 3.05) is 25.6 Å². The molecule has 2 heterocycles. The molecule has 0 fully saturated rings. The summed E-state index contributed by atoms with van der Waals surface area (Å²) in [5.74, 6) is 1.33. The van der Waals surface area contributed by atoms with Crippen molar-refractivity contribution >= 4 is 16.6 Å². The highest BCUT2D eigenvalue weighted by molar-refractivity contribution is 5.92. The van der Waals surface area contributed by atoms with Gasteiger partial charge in [-0.15, -0.1) is 0 Å². The molecule has 0 saturated carbocycles. The van der Waals surface area contributed by atoms with Gasteiger partial charge >= 0.3 is 6.18 Å². The molecule has 0 saturated heterocycles. The summed E-state index contributed by atoms with van der Waals surface area (Å²) in [5.41, 5.74) is -0.412. The predicted molar refractivity (Wildman–Crippen MR) is 140 cm³/mol. The van der Waals surface area contributed by atoms with Crippen LogP contribution in [0.5, 0.6) is 11.5 Å². The van der Waals surface area contributed by atoms with Gasteiger partial charge in [0.05, 0.1) is 37.7 Å². The summed E-state index contributed by atoms with van der Waals surface area (Å²) in [4.78, 5) is 0. The number of methoxy groups -OCH3 is 1. The highest BCUT2D eigenvalue weighted by Gasteiger charge is 2.56. The van der Waals surface area contributed by atoms with Gasteiger partial charge in [0, 0.05) is 23.1 Å². The van der Waals surface area contributed by atoms with Crippen LogP contribution in [0.2, 0.25) is 0 Å². The normalized spacial score (nSPS) is 15.1. The molecule has 0 bridgehead atoms. The van der Waals surface area contributed by atoms with E-state index < -0.39 is 30.2 Å². The topological polar surface area (TPSA) is 68.5 Å². The molecule has 1 aromatic heterocycles. The third-order valence-electron chi connectivity index (χ3n) is 7.21. The van der Waals surface area contributed by atoms with E-state index >= 15 is 0 Å². The van der Waals surface area contributed by atoms with Crippen molar-refractivity contribution in [1.82, 2.24) is 9.78 Å². The molecule has 2 N–H and O–H groups in total. The molecule has 5 rings (SSSR count). The summed E-state index contributed by atoms with van der Waals surface area (Å²) >= 11 is 0. The van der Waals surface area contributed by atoms with Crippen molar-refractivity contribution in [2.24, 2.45) is 0 Å². The van der Waals surface area contributed by atoms with Crippen molar-refractivity contribution in [2.45, 2.75) is 43.9 Å². The van der Waals surface area contributed by atoms with Crippen molar-refractivity contribution in [1.29, 1.82) is 0 Å². The Morgan fingerprint density at radius 1 is 1.05 bits per heavy atom. The number of anilines is 1. The Kier molecular flexibility index (Phi) is 6.51. The first-order chi connectivity index (χ1) is 18.0. The summed E-state index contributed by atoms with van der Waals surface area (Å²) in [7, 11) is 1.58. The first kappa shape index (κ1) is 25.9. The zero-order chi connectivity index (χ0) is 27.1. The molecule has 0 aliphatic carbocycles. The highest BCUT2D eigenvalue weighted by Crippen LogP contribution is 2.45. The van der Waals surface area contributed by atoms with Gasteiger partial charge in [-0.05, 0) is 53.8 Å². The maximum absolute atomic E-state index is 14.4. The molecule has 200 valence electrons. The van der Waals surface area contributed by atoms with E-state index in [0.717, 1.165) is 17.7 Å². The van der Waals surface area contributed by atoms with Crippen LogP contribution in [0.4, 0.5) is 18.9 Å². The van der Waals surface area contributed by atoms with Gasteiger partial charge in [0.1, 0.15) is 11.5 Å². The fourth-order valence-electron chi connectivity index (χ4n) is 5.21. The third-order valence-corrected chi connectivity index (χ3v) is 7.21. The van der Waals surface area contributed by atoms with Crippen LogP contribution in [-0.2, 0) is 11.8 Å². The summed E-state index contributed by atoms with van der Waals surface area (Å²) < 4.78 is 55.8. The third kappa shape index (κ3) is 4.67. The van der Waals surface area contributed by atoms with Crippen LogP contribution in [0.1, 0.15) is 31.4 Å². The van der Waals surface area contributed by atoms with Gasteiger partial charge in [0.25, 0.3) is 0 Å². The molecule has 9 heteroatoms. The lowest BCUT2D eigenvalue weighted by molar-refractivity contribution is -0.260. The van der Waals surface area contributed by atoms with E-state index in [1.54, 1.807) is 50.0 Å². The molecule has 1 aliphatic heterocycles. The minimum Gasteiger partial charge on any atom is -0.497 e. The zero-order valence-electron chi connectivity index (χ0n) is 21.5. The van der Waals surface area contributed by atoms with Crippen LogP contribution in [0.15, 0.2) is 66.9 Å². The SMILES string of the molecule is COc1ccc(-n2ncc3c(NCC(O)(CC(C)(C)c4cccc5c4OCC5)C(F)(F)F)cccc32)cc1. The Morgan fingerprint density at radius 2 is 1.79 bits per heavy atom. The molecule has 0 spiro atoms. The number of nitrogens with one attached hydrogen (secondary N) is 1. The molecule has 3 aromatic carbocycles. The monoisotopic (exact) mass is 525 g/mol. The van der Waals surface area contributed by atoms with Gasteiger partial charge in [0.15, 0.2) is 5.60 Å². The lowest BCUT2D eigenvalue weighted by atomic mass is 9.74. The average molecular weight is 526 g/mol. The van der Waals surface area contributed by atoms with Crippen LogP contribution in [0.25, 0.3) is 16.6 Å². The number of ether oxygens (including phenoxy) is 2. The minimum atomic E-state index is -4.86. The quantitative estimate of drug-likeness (QED) is 0.294. The average Bonchev–Trinajstić information content (AvgIpc) is 3.54. The number of hydrogen-bond donors (Lipinski definition) is 2. The van der Waals surface area contributed by atoms with Crippen LogP contribution in [0.3, 0.4) is 0 Å². The Hall–Kier alpha value is -3.72. The van der Waals surface area contributed by atoms with Crippen LogP contribution in [0, 0.1) is 0 Å². The fourth-order valence-corrected chi connectivity index (χ4v) is 5.21. The number of nitrogens with zero attached hydrogens (tertiary/aromatic N) is 2. The van der Waals surface area contributed by atoms with E-state index in [2.05, 4.69) is 10.4 Å². The maximum Gasteiger partial charge on any atom is 0.418 e. The zero-order valence-corrected chi connectivity index (χ0v) is 21.5. The van der Waals surface area contributed by atoms with Crippen molar-refractivity contribution in [3.05, 3.63) is 78.0 Å². The Bertz CT molecular complexity index is 1450. The van der Waals surface area contributed by atoms with E-state index in [0.29, 0.717) is 40.3 Å². The lowest BCUT2D eigenvalue weighted by Crippen LogP contribution is -2.53. The minimum absolute atomic E-state index is 0.451. The molecular formula is C29H30F3N3O3. The summed E-state index contributed by atoms with van der Waals surface area (Å²) in [6.45, 7) is 3.20. The second-order valence-electron chi connectivity index (χ2n) is 10.3. The molecule has 38 heavy (non-hydrogen) atoms. The van der Waals surface area contributed by atoms with E-state index in [9.17, 15) is 18.3 Å². The maximum atomic E-state index is 14.4. The number of hydrogen-bond acceptors (Lipinski definition) is 5. The predicted octanol–water partition coefficient (Wildman–Crippen LogP) is 6.04. The van der Waals surface area contributed by atoms with Crippen molar-refractivity contribution in [3.8, 4) is 17.2 Å². The molecule has 6 nitrogen and oxygen atoms in total. The molecule has 0 amide bonds. The molecular weight excluding hydrogens is 495 g/mol. The molecule has 0 radical (unpaired) electrons. The smallest absolute Gasteiger partial charge is 0.418 e. The lowest BCUT2D eigenvalue weighted by Gasteiger charge is -2.38. The molecule has 4 aromatic rings. The summed E-state index contributed by atoms with van der Waals surface area (Å²) in [6, 6.07) is 18.1. The van der Waals surface area contributed by atoms with Crippen molar-refractivity contribution in [3.63, 3.8) is 0 Å². The Balaban J connectivity index is 1.42. The first-order valence-corrected chi connectivity index (χ1v) is 12.4. The van der Waals surface area contributed by atoms with E-state index in [1.807, 2.05) is 42.5 Å². The van der Waals surface area contributed by atoms with Crippen molar-refractivity contribution < 1.29 is 27.8 Å². The number of fused-ring (bicyclic) bond motifs is 2. The number of aliphatic hydroxyl groups is 1. The summed E-state index contributed by atoms with van der Waals surface area (Å²) in [6.07, 6.45) is -3.09. The Labute approximate surface area is 219 Å². The largest absolute Gasteiger partial charge is 0.497 e. The van der Waals surface area contributed by atoms with Crippen LogP contribution < -0.4 is 14.8 Å².